The lowest BCUT2D eigenvalue weighted by molar-refractivity contribution is 0.527. The Balaban J connectivity index is 0. The van der Waals surface area contributed by atoms with E-state index >= 15 is 0 Å². The number of isocyanates is 2. The fraction of sp³-hybridized carbons (Fsp3) is 0.556. The molecule has 0 heterocycles. The van der Waals surface area contributed by atoms with Crippen molar-refractivity contribution in [1.82, 2.24) is 0 Å². The molecular weight excluding hydrogens is 168 g/mol. The summed E-state index contributed by atoms with van der Waals surface area (Å²) in [4.78, 5) is 16.7. The SMILES string of the molecule is CC1CC=CCC1.N=C=O.N=C=O. The molecule has 0 aliphatic heterocycles. The van der Waals surface area contributed by atoms with E-state index in [1.807, 2.05) is 0 Å². The van der Waals surface area contributed by atoms with Gasteiger partial charge in [-0.05, 0) is 25.2 Å². The van der Waals surface area contributed by atoms with Gasteiger partial charge in [-0.15, -0.1) is 0 Å². The highest BCUT2D eigenvalue weighted by Gasteiger charge is 2.00. The molecule has 0 radical (unpaired) electrons. The Morgan fingerprint density at radius 1 is 1.23 bits per heavy atom. The molecule has 0 amide bonds. The van der Waals surface area contributed by atoms with Crippen molar-refractivity contribution < 1.29 is 9.59 Å². The molecule has 2 N–H and O–H groups in total. The number of hydrogen-bond donors (Lipinski definition) is 2. The molecule has 72 valence electrons. The first-order valence-electron chi connectivity index (χ1n) is 3.95. The molecule has 0 saturated heterocycles. The quantitative estimate of drug-likeness (QED) is 0.342. The van der Waals surface area contributed by atoms with Crippen LogP contribution in [0.2, 0.25) is 0 Å². The van der Waals surface area contributed by atoms with Crippen LogP contribution >= 0.6 is 0 Å². The maximum atomic E-state index is 8.35. The molecule has 4 nitrogen and oxygen atoms in total. The van der Waals surface area contributed by atoms with Crippen molar-refractivity contribution in [2.75, 3.05) is 0 Å². The van der Waals surface area contributed by atoms with Gasteiger partial charge in [0.15, 0.2) is 0 Å². The normalized spacial score (nSPS) is 17.8. The molecular formula is C9H14N2O2. The van der Waals surface area contributed by atoms with Crippen LogP contribution in [0.4, 0.5) is 0 Å². The van der Waals surface area contributed by atoms with E-state index in [9.17, 15) is 0 Å². The molecule has 1 atom stereocenters. The van der Waals surface area contributed by atoms with E-state index in [2.05, 4.69) is 19.1 Å². The molecule has 1 aliphatic rings. The minimum Gasteiger partial charge on any atom is -0.222 e. The van der Waals surface area contributed by atoms with Gasteiger partial charge in [0.05, 0.1) is 0 Å². The van der Waals surface area contributed by atoms with Gasteiger partial charge in [0, 0.05) is 0 Å². The molecule has 4 heteroatoms. The predicted molar refractivity (Wildman–Crippen MR) is 49.0 cm³/mol. The molecule has 1 rings (SSSR count). The van der Waals surface area contributed by atoms with Gasteiger partial charge in [0.25, 0.3) is 0 Å². The lowest BCUT2D eigenvalue weighted by Crippen LogP contribution is -1.94. The second-order valence-electron chi connectivity index (χ2n) is 2.59. The highest BCUT2D eigenvalue weighted by Crippen LogP contribution is 2.15. The number of allylic oxidation sites excluding steroid dienone is 2. The highest BCUT2D eigenvalue weighted by atomic mass is 16.1. The van der Waals surface area contributed by atoms with Crippen molar-refractivity contribution in [2.45, 2.75) is 26.2 Å². The van der Waals surface area contributed by atoms with Gasteiger partial charge >= 0.3 is 0 Å². The summed E-state index contributed by atoms with van der Waals surface area (Å²) in [7, 11) is 0. The number of carbonyl (C=O) groups excluding carboxylic acids is 2. The Morgan fingerprint density at radius 2 is 1.69 bits per heavy atom. The highest BCUT2D eigenvalue weighted by molar-refractivity contribution is 5.26. The maximum absolute atomic E-state index is 8.35. The van der Waals surface area contributed by atoms with Crippen LogP contribution in [0.1, 0.15) is 26.2 Å². The van der Waals surface area contributed by atoms with Crippen LogP contribution in [0, 0.1) is 16.7 Å². The van der Waals surface area contributed by atoms with E-state index < -0.39 is 0 Å². The van der Waals surface area contributed by atoms with Crippen molar-refractivity contribution in [3.63, 3.8) is 0 Å². The molecule has 0 spiro atoms. The summed E-state index contributed by atoms with van der Waals surface area (Å²) in [6.45, 7) is 2.31. The third kappa shape index (κ3) is 18.0. The van der Waals surface area contributed by atoms with E-state index in [0.717, 1.165) is 18.1 Å². The van der Waals surface area contributed by atoms with Gasteiger partial charge < -0.3 is 0 Å². The first-order chi connectivity index (χ1) is 6.22. The predicted octanol–water partition coefficient (Wildman–Crippen LogP) is 2.16. The van der Waals surface area contributed by atoms with Crippen LogP contribution in [0.25, 0.3) is 0 Å². The Hall–Kier alpha value is -1.50. The van der Waals surface area contributed by atoms with Crippen LogP contribution < -0.4 is 0 Å². The lowest BCUT2D eigenvalue weighted by atomic mass is 9.97. The summed E-state index contributed by atoms with van der Waals surface area (Å²) < 4.78 is 0. The zero-order valence-corrected chi connectivity index (χ0v) is 7.67. The van der Waals surface area contributed by atoms with Crippen LogP contribution in [0.15, 0.2) is 12.2 Å². The molecule has 13 heavy (non-hydrogen) atoms. The van der Waals surface area contributed by atoms with E-state index in [1.54, 1.807) is 0 Å². The largest absolute Gasteiger partial charge is 0.231 e. The first kappa shape index (κ1) is 14.0. The van der Waals surface area contributed by atoms with Crippen LogP contribution in [0.3, 0.4) is 0 Å². The fourth-order valence-corrected chi connectivity index (χ4v) is 0.945. The lowest BCUT2D eigenvalue weighted by Gasteiger charge is -2.09. The Bertz CT molecular complexity index is 188. The van der Waals surface area contributed by atoms with Crippen molar-refractivity contribution in [1.29, 1.82) is 10.8 Å². The first-order valence-corrected chi connectivity index (χ1v) is 3.95. The molecule has 1 aliphatic carbocycles. The Morgan fingerprint density at radius 3 is 1.85 bits per heavy atom. The van der Waals surface area contributed by atoms with Gasteiger partial charge in [-0.1, -0.05) is 19.1 Å². The third-order valence-electron chi connectivity index (χ3n) is 1.53. The summed E-state index contributed by atoms with van der Waals surface area (Å²) in [5, 5.41) is 10.8. The van der Waals surface area contributed by atoms with Gasteiger partial charge in [0.1, 0.15) is 0 Å². The smallest absolute Gasteiger partial charge is 0.222 e. The average Bonchev–Trinajstić information content (AvgIpc) is 2.08. The van der Waals surface area contributed by atoms with Crippen LogP contribution in [0.5, 0.6) is 0 Å². The van der Waals surface area contributed by atoms with Gasteiger partial charge in [-0.2, -0.15) is 0 Å². The second-order valence-corrected chi connectivity index (χ2v) is 2.59. The number of hydrogen-bond acceptors (Lipinski definition) is 4. The molecule has 0 aromatic heterocycles. The van der Waals surface area contributed by atoms with E-state index in [0.29, 0.717) is 0 Å². The maximum Gasteiger partial charge on any atom is 0.231 e. The molecule has 0 aromatic carbocycles. The summed E-state index contributed by atoms with van der Waals surface area (Å²) in [5.74, 6) is 0.949. The summed E-state index contributed by atoms with van der Waals surface area (Å²) in [6.07, 6.45) is 10.1. The fourth-order valence-electron chi connectivity index (χ4n) is 0.945. The average molecular weight is 182 g/mol. The van der Waals surface area contributed by atoms with Crippen molar-refractivity contribution in [2.24, 2.45) is 5.92 Å². The summed E-state index contributed by atoms with van der Waals surface area (Å²) in [6, 6.07) is 0. The molecule has 0 bridgehead atoms. The standard InChI is InChI=1S/C7H12.2CHNO/c1-7-5-3-2-4-6-7;2*2-1-3/h2-3,7H,4-6H2,1H3;2*2H. The second kappa shape index (κ2) is 13.1. The summed E-state index contributed by atoms with van der Waals surface area (Å²) >= 11 is 0. The molecule has 0 fully saturated rings. The van der Waals surface area contributed by atoms with Crippen molar-refractivity contribution in [3.8, 4) is 0 Å². The number of rotatable bonds is 0. The topological polar surface area (TPSA) is 81.8 Å². The van der Waals surface area contributed by atoms with E-state index in [1.165, 1.54) is 19.3 Å². The summed E-state index contributed by atoms with van der Waals surface area (Å²) in [5.41, 5.74) is 0. The van der Waals surface area contributed by atoms with E-state index in [-0.39, 0.29) is 0 Å². The van der Waals surface area contributed by atoms with Crippen molar-refractivity contribution in [3.05, 3.63) is 12.2 Å². The molecule has 0 aromatic rings. The zero-order chi connectivity index (χ0) is 10.5. The van der Waals surface area contributed by atoms with Crippen LogP contribution in [-0.4, -0.2) is 12.2 Å². The Labute approximate surface area is 77.7 Å². The minimum absolute atomic E-state index is 0.750. The van der Waals surface area contributed by atoms with Gasteiger partial charge in [0.2, 0.25) is 12.2 Å². The molecule has 1 unspecified atom stereocenters. The monoisotopic (exact) mass is 182 g/mol. The van der Waals surface area contributed by atoms with Gasteiger partial charge in [-0.3, -0.25) is 0 Å². The molecule has 0 saturated carbocycles. The third-order valence-corrected chi connectivity index (χ3v) is 1.53. The van der Waals surface area contributed by atoms with Gasteiger partial charge in [-0.25, -0.2) is 20.4 Å². The number of nitrogens with one attached hydrogen (secondary N) is 2. The minimum atomic E-state index is 0.750. The van der Waals surface area contributed by atoms with Crippen molar-refractivity contribution >= 4 is 12.2 Å². The van der Waals surface area contributed by atoms with Crippen LogP contribution in [-0.2, 0) is 9.59 Å². The Kier molecular flexibility index (Phi) is 14.2. The van der Waals surface area contributed by atoms with E-state index in [4.69, 9.17) is 20.4 Å². The zero-order valence-electron chi connectivity index (χ0n) is 7.67.